The van der Waals surface area contributed by atoms with E-state index in [1.54, 1.807) is 31.4 Å². The maximum atomic E-state index is 14.5. The van der Waals surface area contributed by atoms with Crippen molar-refractivity contribution >= 4 is 31.6 Å². The largest absolute Gasteiger partial charge is 0.497 e. The molecule has 36 heavy (non-hydrogen) atoms. The number of hydrogen-bond acceptors (Lipinski definition) is 6. The number of hydrogen-bond donors (Lipinski definition) is 0. The van der Waals surface area contributed by atoms with E-state index in [9.17, 15) is 9.18 Å². The molecule has 0 saturated heterocycles. The molecule has 0 bridgehead atoms. The summed E-state index contributed by atoms with van der Waals surface area (Å²) in [5.41, 5.74) is 1.25. The quantitative estimate of drug-likeness (QED) is 0.217. The van der Waals surface area contributed by atoms with Gasteiger partial charge < -0.3 is 23.5 Å². The van der Waals surface area contributed by atoms with Crippen LogP contribution in [0.5, 0.6) is 11.5 Å². The van der Waals surface area contributed by atoms with Gasteiger partial charge in [-0.2, -0.15) is 0 Å². The number of rotatable bonds is 12. The first kappa shape index (κ1) is 29.9. The van der Waals surface area contributed by atoms with Crippen molar-refractivity contribution in [2.75, 3.05) is 32.2 Å². The third kappa shape index (κ3) is 8.11. The fraction of sp³-hybridized carbons (Fsp3) is 0.519. The van der Waals surface area contributed by atoms with E-state index in [1.165, 1.54) is 19.2 Å². The van der Waals surface area contributed by atoms with Crippen LogP contribution in [0.1, 0.15) is 39.7 Å². The van der Waals surface area contributed by atoms with Gasteiger partial charge in [-0.1, -0.05) is 32.4 Å². The van der Waals surface area contributed by atoms with Crippen LogP contribution in [0.15, 0.2) is 36.4 Å². The number of methoxy groups -OCH3 is 2. The van der Waals surface area contributed by atoms with Crippen molar-refractivity contribution in [3.05, 3.63) is 52.8 Å². The van der Waals surface area contributed by atoms with E-state index in [0.717, 1.165) is 5.75 Å². The Hall–Kier alpha value is -2.29. The van der Waals surface area contributed by atoms with Gasteiger partial charge in [-0.25, -0.2) is 4.39 Å². The molecule has 0 saturated carbocycles. The monoisotopic (exact) mass is 539 g/mol. The highest BCUT2D eigenvalue weighted by Gasteiger charge is 2.40. The highest BCUT2D eigenvalue weighted by Crippen LogP contribution is 2.38. The van der Waals surface area contributed by atoms with E-state index in [0.29, 0.717) is 30.1 Å². The van der Waals surface area contributed by atoms with Crippen LogP contribution in [0.3, 0.4) is 0 Å². The van der Waals surface area contributed by atoms with E-state index in [-0.39, 0.29) is 29.1 Å². The van der Waals surface area contributed by atoms with Crippen LogP contribution < -0.4 is 14.4 Å². The molecule has 0 aliphatic rings. The number of anilines is 1. The van der Waals surface area contributed by atoms with Crippen LogP contribution in [-0.2, 0) is 20.6 Å². The van der Waals surface area contributed by atoms with E-state index in [4.69, 9.17) is 30.2 Å². The molecule has 2 rings (SSSR count). The molecule has 200 valence electrons. The molecule has 0 spiro atoms. The second kappa shape index (κ2) is 12.8. The average molecular weight is 540 g/mol. The maximum absolute atomic E-state index is 14.5. The molecule has 0 aliphatic heterocycles. The summed E-state index contributed by atoms with van der Waals surface area (Å²) in [6.07, 6.45) is -0.337. The summed E-state index contributed by atoms with van der Waals surface area (Å²) >= 11 is 6.49. The van der Waals surface area contributed by atoms with Crippen LogP contribution in [0.2, 0.25) is 23.2 Å². The van der Waals surface area contributed by atoms with E-state index >= 15 is 0 Å². The van der Waals surface area contributed by atoms with Crippen LogP contribution in [0, 0.1) is 5.82 Å². The average Bonchev–Trinajstić information content (AvgIpc) is 2.80. The zero-order chi connectivity index (χ0) is 27.1. The van der Waals surface area contributed by atoms with Crippen molar-refractivity contribution in [1.82, 2.24) is 0 Å². The van der Waals surface area contributed by atoms with Gasteiger partial charge in [0.1, 0.15) is 23.9 Å². The van der Waals surface area contributed by atoms with Gasteiger partial charge in [0.05, 0.1) is 31.8 Å². The van der Waals surface area contributed by atoms with Gasteiger partial charge in [0.2, 0.25) is 0 Å². The van der Waals surface area contributed by atoms with Crippen LogP contribution in [-0.4, -0.2) is 47.7 Å². The Morgan fingerprint density at radius 2 is 1.72 bits per heavy atom. The molecular formula is C27H39ClFNO5Si. The molecule has 6 nitrogen and oxygen atoms in total. The minimum absolute atomic E-state index is 0.0437. The second-order valence-corrected chi connectivity index (χ2v) is 15.3. The summed E-state index contributed by atoms with van der Waals surface area (Å²) in [5, 5.41) is 0.226. The molecule has 0 radical (unpaired) electrons. The van der Waals surface area contributed by atoms with E-state index < -0.39 is 20.2 Å². The third-order valence-corrected chi connectivity index (χ3v) is 11.5. The van der Waals surface area contributed by atoms with Gasteiger partial charge in [0.15, 0.2) is 8.32 Å². The first-order valence-electron chi connectivity index (χ1n) is 12.1. The minimum atomic E-state index is -2.20. The number of esters is 1. The molecule has 9 heteroatoms. The molecule has 1 atom stereocenters. The van der Waals surface area contributed by atoms with Crippen molar-refractivity contribution in [2.24, 2.45) is 0 Å². The number of halogens is 2. The van der Waals surface area contributed by atoms with Crippen LogP contribution >= 0.6 is 11.6 Å². The number of carbonyl (C=O) groups is 1. The summed E-state index contributed by atoms with van der Waals surface area (Å²) in [4.78, 5) is 14.2. The van der Waals surface area contributed by atoms with Gasteiger partial charge >= 0.3 is 5.97 Å². The van der Waals surface area contributed by atoms with Crippen molar-refractivity contribution in [3.63, 3.8) is 0 Å². The van der Waals surface area contributed by atoms with Crippen molar-refractivity contribution in [2.45, 2.75) is 65.0 Å². The Kier molecular flexibility index (Phi) is 10.6. The first-order valence-corrected chi connectivity index (χ1v) is 15.3. The summed E-state index contributed by atoms with van der Waals surface area (Å²) < 4.78 is 37.2. The molecule has 0 aromatic heterocycles. The molecule has 2 aromatic rings. The molecule has 1 unspecified atom stereocenters. The smallest absolute Gasteiger partial charge is 0.308 e. The Balaban J connectivity index is 2.35. The SMILES string of the molecule is CCN(CC(CC(=O)OC)O[Si](C)(C)C(C)(C)C)c1cc(F)cc(Cl)c1COc1ccc(OC)cc1. The van der Waals surface area contributed by atoms with Gasteiger partial charge in [-0.3, -0.25) is 4.79 Å². The standard InChI is InChI=1S/C27H39ClFNO5Si/c1-9-30(17-22(16-26(31)33-6)35-36(7,8)27(2,3)4)25-15-19(29)14-24(28)23(25)18-34-21-12-10-20(32-5)11-13-21/h10-15,22H,9,16-18H2,1-8H3. The normalized spacial score (nSPS) is 12.7. The molecule has 0 fully saturated rings. The van der Waals surface area contributed by atoms with Gasteiger partial charge in [-0.05, 0) is 61.5 Å². The molecule has 0 heterocycles. The predicted molar refractivity (Wildman–Crippen MR) is 145 cm³/mol. The Bertz CT molecular complexity index is 1010. The third-order valence-electron chi connectivity index (χ3n) is 6.62. The first-order chi connectivity index (χ1) is 16.8. The van der Waals surface area contributed by atoms with E-state index in [2.05, 4.69) is 33.9 Å². The second-order valence-electron chi connectivity index (χ2n) is 10.2. The summed E-state index contributed by atoms with van der Waals surface area (Å²) in [7, 11) is 0.764. The fourth-order valence-electron chi connectivity index (χ4n) is 3.49. The Morgan fingerprint density at radius 3 is 2.25 bits per heavy atom. The summed E-state index contributed by atoms with van der Waals surface area (Å²) in [5.74, 6) is 0.556. The number of likely N-dealkylation sites (N-methyl/N-ethyl adjacent to an activating group) is 1. The van der Waals surface area contributed by atoms with Crippen molar-refractivity contribution in [1.29, 1.82) is 0 Å². The van der Waals surface area contributed by atoms with Crippen LogP contribution in [0.4, 0.5) is 10.1 Å². The van der Waals surface area contributed by atoms with Crippen molar-refractivity contribution in [3.8, 4) is 11.5 Å². The number of ether oxygens (including phenoxy) is 3. The summed E-state index contributed by atoms with van der Waals surface area (Å²) in [6, 6.07) is 9.93. The number of benzene rings is 2. The highest BCUT2D eigenvalue weighted by molar-refractivity contribution is 6.74. The zero-order valence-electron chi connectivity index (χ0n) is 22.6. The lowest BCUT2D eigenvalue weighted by Crippen LogP contribution is -2.48. The van der Waals surface area contributed by atoms with E-state index in [1.807, 2.05) is 11.8 Å². The van der Waals surface area contributed by atoms with Gasteiger partial charge in [0, 0.05) is 24.3 Å². The molecule has 0 N–H and O–H groups in total. The molecule has 0 amide bonds. The van der Waals surface area contributed by atoms with Gasteiger partial charge in [0.25, 0.3) is 0 Å². The predicted octanol–water partition coefficient (Wildman–Crippen LogP) is 6.85. The Labute approximate surface area is 220 Å². The van der Waals surface area contributed by atoms with Gasteiger partial charge in [-0.15, -0.1) is 0 Å². The lowest BCUT2D eigenvalue weighted by atomic mass is 10.1. The number of nitrogens with zero attached hydrogens (tertiary/aromatic N) is 1. The lowest BCUT2D eigenvalue weighted by Gasteiger charge is -2.40. The molecule has 2 aromatic carbocycles. The topological polar surface area (TPSA) is 57.2 Å². The lowest BCUT2D eigenvalue weighted by molar-refractivity contribution is -0.142. The number of carbonyl (C=O) groups excluding carboxylic acids is 1. The van der Waals surface area contributed by atoms with Crippen LogP contribution in [0.25, 0.3) is 0 Å². The highest BCUT2D eigenvalue weighted by atomic mass is 35.5. The summed E-state index contributed by atoms with van der Waals surface area (Å²) in [6.45, 7) is 13.7. The molecule has 0 aliphatic carbocycles. The fourth-order valence-corrected chi connectivity index (χ4v) is 5.09. The maximum Gasteiger partial charge on any atom is 0.308 e. The van der Waals surface area contributed by atoms with Crippen molar-refractivity contribution < 1.29 is 27.8 Å². The Morgan fingerprint density at radius 1 is 1.11 bits per heavy atom. The molecular weight excluding hydrogens is 501 g/mol. The zero-order valence-corrected chi connectivity index (χ0v) is 24.4. The minimum Gasteiger partial charge on any atom is -0.497 e.